The summed E-state index contributed by atoms with van der Waals surface area (Å²) in [7, 11) is 3.49. The summed E-state index contributed by atoms with van der Waals surface area (Å²) in [6, 6.07) is 0. The van der Waals surface area contributed by atoms with Crippen LogP contribution in [0.5, 0.6) is 0 Å². The maximum Gasteiger partial charge on any atom is 0.524 e. The molecule has 0 heterocycles. The molecule has 0 aromatic heterocycles. The summed E-state index contributed by atoms with van der Waals surface area (Å²) in [6.07, 6.45) is 0.0298. The number of nitrogens with one attached hydrogen (secondary N) is 1. The number of hydrogen-bond acceptors (Lipinski definition) is 5. The van der Waals surface area contributed by atoms with E-state index in [1.165, 1.54) is 0 Å². The van der Waals surface area contributed by atoms with Crippen LogP contribution in [0.25, 0.3) is 0 Å². The second-order valence-electron chi connectivity index (χ2n) is 3.42. The molecule has 0 spiro atoms. The summed E-state index contributed by atoms with van der Waals surface area (Å²) in [5.74, 6) is 0. The van der Waals surface area contributed by atoms with Crippen LogP contribution in [0.1, 0.15) is 20.3 Å². The Morgan fingerprint density at radius 3 is 1.73 bits per heavy atom. The van der Waals surface area contributed by atoms with E-state index in [4.69, 9.17) is 13.3 Å². The van der Waals surface area contributed by atoms with Crippen molar-refractivity contribution >= 4 is 8.80 Å². The average Bonchev–Trinajstić information content (AvgIpc) is 2.26. The zero-order valence-electron chi connectivity index (χ0n) is 10.5. The van der Waals surface area contributed by atoms with Crippen LogP contribution in [0.15, 0.2) is 0 Å². The minimum atomic E-state index is -2.92. The Hall–Kier alpha value is 0.0169. The van der Waals surface area contributed by atoms with Crippen molar-refractivity contribution in [2.45, 2.75) is 31.5 Å². The summed E-state index contributed by atoms with van der Waals surface area (Å²) in [4.78, 5) is 0. The molecule has 0 bridgehead atoms. The van der Waals surface area contributed by atoms with Gasteiger partial charge in [-0.15, -0.1) is 0 Å². The molecular weight excluding hydrogens is 214 g/mol. The second kappa shape index (κ2) is 5.93. The van der Waals surface area contributed by atoms with E-state index >= 15 is 0 Å². The molecule has 2 atom stereocenters. The van der Waals surface area contributed by atoms with Crippen LogP contribution < -0.4 is 5.32 Å². The van der Waals surface area contributed by atoms with Crippen LogP contribution >= 0.6 is 0 Å². The quantitative estimate of drug-likeness (QED) is 0.617. The summed E-state index contributed by atoms with van der Waals surface area (Å²) >= 11 is 0. The largest absolute Gasteiger partial charge is 0.524 e. The van der Waals surface area contributed by atoms with E-state index in [2.05, 4.69) is 5.32 Å². The molecule has 0 saturated carbocycles. The van der Waals surface area contributed by atoms with E-state index < -0.39 is 20.1 Å². The first-order valence-corrected chi connectivity index (χ1v) is 6.75. The fraction of sp³-hybridized carbons (Fsp3) is 1.00. The van der Waals surface area contributed by atoms with Crippen LogP contribution in [0, 0.1) is 0 Å². The van der Waals surface area contributed by atoms with Crippen LogP contribution in [-0.2, 0) is 13.3 Å². The SMILES string of the molecule is CCC(NC)(C(C)O)[Si](OC)(OC)OC. The minimum absolute atomic E-state index is 0.626. The topological polar surface area (TPSA) is 60.0 Å². The van der Waals surface area contributed by atoms with Crippen LogP contribution in [0.4, 0.5) is 0 Å². The van der Waals surface area contributed by atoms with Crippen molar-refractivity contribution in [3.63, 3.8) is 0 Å². The molecule has 0 fully saturated rings. The highest BCUT2D eigenvalue weighted by molar-refractivity contribution is 6.64. The van der Waals surface area contributed by atoms with Crippen molar-refractivity contribution in [2.24, 2.45) is 0 Å². The van der Waals surface area contributed by atoms with E-state index in [9.17, 15) is 5.11 Å². The van der Waals surface area contributed by atoms with Gasteiger partial charge in [0.25, 0.3) is 0 Å². The number of rotatable bonds is 7. The van der Waals surface area contributed by atoms with Gasteiger partial charge in [-0.2, -0.15) is 0 Å². The Bertz CT molecular complexity index is 173. The summed E-state index contributed by atoms with van der Waals surface area (Å²) < 4.78 is 16.3. The highest BCUT2D eigenvalue weighted by atomic mass is 28.4. The molecule has 6 heteroatoms. The average molecular weight is 237 g/mol. The molecule has 0 aliphatic rings. The lowest BCUT2D eigenvalue weighted by molar-refractivity contribution is 0.0262. The van der Waals surface area contributed by atoms with Crippen molar-refractivity contribution in [1.82, 2.24) is 5.32 Å². The fourth-order valence-corrected chi connectivity index (χ4v) is 4.95. The van der Waals surface area contributed by atoms with Gasteiger partial charge in [0.15, 0.2) is 0 Å². The van der Waals surface area contributed by atoms with Crippen molar-refractivity contribution in [2.75, 3.05) is 28.4 Å². The molecule has 0 aromatic rings. The maximum atomic E-state index is 9.92. The number of aliphatic hydroxyl groups excluding tert-OH is 1. The van der Waals surface area contributed by atoms with Crippen molar-refractivity contribution in [1.29, 1.82) is 0 Å². The summed E-state index contributed by atoms with van der Waals surface area (Å²) in [6.45, 7) is 3.67. The zero-order valence-corrected chi connectivity index (χ0v) is 11.5. The molecule has 0 amide bonds. The Kier molecular flexibility index (Phi) is 5.93. The Morgan fingerprint density at radius 2 is 1.67 bits per heavy atom. The Labute approximate surface area is 93.1 Å². The normalized spacial score (nSPS) is 18.6. The second-order valence-corrected chi connectivity index (χ2v) is 6.65. The van der Waals surface area contributed by atoms with Gasteiger partial charge in [0.1, 0.15) is 5.16 Å². The molecule has 0 aliphatic heterocycles. The predicted octanol–water partition coefficient (Wildman–Crippen LogP) is 0.153. The van der Waals surface area contributed by atoms with E-state index in [1.807, 2.05) is 6.92 Å². The third-order valence-electron chi connectivity index (χ3n) is 3.07. The standard InChI is InChI=1S/C9H23NO4Si/c1-7-9(10-3,8(2)11)15(12-4,13-5)14-6/h8,10-11H,7H2,1-6H3. The van der Waals surface area contributed by atoms with E-state index in [0.717, 1.165) is 0 Å². The smallest absolute Gasteiger partial charge is 0.392 e. The van der Waals surface area contributed by atoms with E-state index in [1.54, 1.807) is 35.3 Å². The van der Waals surface area contributed by atoms with Gasteiger partial charge in [-0.25, -0.2) is 0 Å². The fourth-order valence-electron chi connectivity index (χ4n) is 2.10. The van der Waals surface area contributed by atoms with Crippen molar-refractivity contribution in [3.8, 4) is 0 Å². The lowest BCUT2D eigenvalue weighted by Crippen LogP contribution is -2.74. The van der Waals surface area contributed by atoms with Crippen LogP contribution in [0.3, 0.4) is 0 Å². The van der Waals surface area contributed by atoms with E-state index in [-0.39, 0.29) is 0 Å². The zero-order chi connectivity index (χ0) is 12.1. The molecule has 2 unspecified atom stereocenters. The molecule has 0 rings (SSSR count). The highest BCUT2D eigenvalue weighted by Crippen LogP contribution is 2.29. The highest BCUT2D eigenvalue weighted by Gasteiger charge is 2.61. The van der Waals surface area contributed by atoms with Gasteiger partial charge >= 0.3 is 8.80 Å². The summed E-state index contributed by atoms with van der Waals surface area (Å²) in [5, 5.41) is 12.3. The van der Waals surface area contributed by atoms with Gasteiger partial charge in [-0.05, 0) is 20.4 Å². The van der Waals surface area contributed by atoms with E-state index in [0.29, 0.717) is 6.42 Å². The molecule has 0 aromatic carbocycles. The van der Waals surface area contributed by atoms with Gasteiger partial charge in [0.05, 0.1) is 6.10 Å². The monoisotopic (exact) mass is 237 g/mol. The number of likely N-dealkylation sites (N-methyl/N-ethyl adjacent to an activating group) is 1. The molecule has 2 N–H and O–H groups in total. The maximum absolute atomic E-state index is 9.92. The Balaban J connectivity index is 5.34. The molecular formula is C9H23NO4Si. The lowest BCUT2D eigenvalue weighted by atomic mass is 10.1. The van der Waals surface area contributed by atoms with Gasteiger partial charge in [0, 0.05) is 21.3 Å². The first-order chi connectivity index (χ1) is 7.00. The molecule has 0 aliphatic carbocycles. The Morgan fingerprint density at radius 1 is 1.27 bits per heavy atom. The summed E-state index contributed by atoms with van der Waals surface area (Å²) in [5.41, 5.74) is 0. The first-order valence-electron chi connectivity index (χ1n) is 5.02. The van der Waals surface area contributed by atoms with Gasteiger partial charge in [-0.3, -0.25) is 0 Å². The third-order valence-corrected chi connectivity index (χ3v) is 6.80. The first kappa shape index (κ1) is 15.0. The molecule has 92 valence electrons. The van der Waals surface area contributed by atoms with Crippen molar-refractivity contribution < 1.29 is 18.4 Å². The lowest BCUT2D eigenvalue weighted by Gasteiger charge is -2.44. The number of aliphatic hydroxyl groups is 1. The van der Waals surface area contributed by atoms with Crippen LogP contribution in [-0.4, -0.2) is 53.6 Å². The van der Waals surface area contributed by atoms with Gasteiger partial charge in [0.2, 0.25) is 0 Å². The third kappa shape index (κ3) is 2.25. The van der Waals surface area contributed by atoms with Crippen LogP contribution in [0.2, 0.25) is 0 Å². The predicted molar refractivity (Wildman–Crippen MR) is 60.5 cm³/mol. The molecule has 0 radical (unpaired) electrons. The minimum Gasteiger partial charge on any atom is -0.392 e. The molecule has 15 heavy (non-hydrogen) atoms. The molecule has 5 nitrogen and oxygen atoms in total. The molecule has 0 saturated heterocycles. The number of hydrogen-bond donors (Lipinski definition) is 2. The van der Waals surface area contributed by atoms with Gasteiger partial charge < -0.3 is 23.7 Å². The van der Waals surface area contributed by atoms with Gasteiger partial charge in [-0.1, -0.05) is 6.92 Å². The van der Waals surface area contributed by atoms with Crippen molar-refractivity contribution in [3.05, 3.63) is 0 Å².